The van der Waals surface area contributed by atoms with Gasteiger partial charge in [0.1, 0.15) is 5.75 Å². The van der Waals surface area contributed by atoms with Gasteiger partial charge in [0.2, 0.25) is 10.0 Å². The van der Waals surface area contributed by atoms with Gasteiger partial charge in [-0.2, -0.15) is 5.10 Å². The molecule has 10 heteroatoms. The molecule has 0 unspecified atom stereocenters. The van der Waals surface area contributed by atoms with E-state index in [1.165, 1.54) is 35.0 Å². The summed E-state index contributed by atoms with van der Waals surface area (Å²) in [5, 5.41) is 12.2. The van der Waals surface area contributed by atoms with Crippen molar-refractivity contribution < 1.29 is 17.9 Å². The molecule has 1 amide bonds. The molecule has 1 heterocycles. The fourth-order valence-electron chi connectivity index (χ4n) is 2.85. The molecule has 0 saturated carbocycles. The molecule has 0 fully saturated rings. The molecule has 0 aliphatic rings. The number of ether oxygens (including phenoxy) is 1. The van der Waals surface area contributed by atoms with Crippen molar-refractivity contribution in [2.75, 3.05) is 13.7 Å². The second kappa shape index (κ2) is 9.54. The predicted octanol–water partition coefficient (Wildman–Crippen LogP) is 1.39. The van der Waals surface area contributed by atoms with Crippen LogP contribution >= 0.6 is 0 Å². The van der Waals surface area contributed by atoms with Gasteiger partial charge in [-0.05, 0) is 61.0 Å². The summed E-state index contributed by atoms with van der Waals surface area (Å²) < 4.78 is 29.0. The number of sulfonamides is 1. The van der Waals surface area contributed by atoms with Crippen LogP contribution < -0.4 is 20.8 Å². The maximum Gasteiger partial charge on any atom is 0.266 e. The van der Waals surface area contributed by atoms with Crippen molar-refractivity contribution in [1.82, 2.24) is 15.1 Å². The summed E-state index contributed by atoms with van der Waals surface area (Å²) >= 11 is 0. The molecule has 31 heavy (non-hydrogen) atoms. The largest absolute Gasteiger partial charge is 0.497 e. The highest BCUT2D eigenvalue weighted by Crippen LogP contribution is 2.19. The molecular formula is C21H22N4O5S. The number of aryl methyl sites for hydroxylation is 1. The second-order valence-electron chi connectivity index (χ2n) is 6.69. The first-order chi connectivity index (χ1) is 14.8. The normalized spacial score (nSPS) is 11.2. The highest BCUT2D eigenvalue weighted by molar-refractivity contribution is 7.89. The van der Waals surface area contributed by atoms with Gasteiger partial charge in [0.25, 0.3) is 11.5 Å². The molecule has 0 spiro atoms. The Bertz CT molecular complexity index is 1220. The molecule has 0 atom stereocenters. The number of methoxy groups -OCH3 is 1. The van der Waals surface area contributed by atoms with Crippen molar-refractivity contribution in [1.29, 1.82) is 0 Å². The number of amides is 1. The van der Waals surface area contributed by atoms with Crippen LogP contribution in [-0.4, -0.2) is 37.8 Å². The number of carbonyl (C=O) groups excluding carboxylic acids is 1. The van der Waals surface area contributed by atoms with Gasteiger partial charge in [0.05, 0.1) is 17.7 Å². The molecule has 1 aromatic heterocycles. The number of hydrogen-bond donors (Lipinski definition) is 2. The molecule has 0 aliphatic heterocycles. The summed E-state index contributed by atoms with van der Waals surface area (Å²) in [4.78, 5) is 24.2. The maximum absolute atomic E-state index is 12.2. The summed E-state index contributed by atoms with van der Waals surface area (Å²) in [6.45, 7) is 0.643. The third-order valence-corrected chi connectivity index (χ3v) is 5.46. The Hall–Kier alpha value is -3.50. The Balaban J connectivity index is 1.57. The topological polar surface area (TPSA) is 133 Å². The van der Waals surface area contributed by atoms with E-state index < -0.39 is 10.0 Å². The van der Waals surface area contributed by atoms with Crippen LogP contribution in [0.2, 0.25) is 0 Å². The van der Waals surface area contributed by atoms with E-state index in [2.05, 4.69) is 10.4 Å². The van der Waals surface area contributed by atoms with Crippen molar-refractivity contribution in [3.63, 3.8) is 0 Å². The van der Waals surface area contributed by atoms with Crippen LogP contribution in [0.25, 0.3) is 11.3 Å². The number of nitrogens with one attached hydrogen (secondary N) is 1. The Morgan fingerprint density at radius 1 is 1.06 bits per heavy atom. The molecule has 0 aliphatic carbocycles. The monoisotopic (exact) mass is 442 g/mol. The fraction of sp³-hybridized carbons (Fsp3) is 0.190. The van der Waals surface area contributed by atoms with E-state index in [9.17, 15) is 18.0 Å². The van der Waals surface area contributed by atoms with Gasteiger partial charge < -0.3 is 10.1 Å². The number of nitrogens with zero attached hydrogens (tertiary/aromatic N) is 2. The number of nitrogens with two attached hydrogens (primary N) is 1. The first-order valence-electron chi connectivity index (χ1n) is 9.41. The molecule has 162 valence electrons. The summed E-state index contributed by atoms with van der Waals surface area (Å²) in [6, 6.07) is 15.8. The molecular weight excluding hydrogens is 420 g/mol. The van der Waals surface area contributed by atoms with Crippen LogP contribution in [0.3, 0.4) is 0 Å². The molecule has 0 saturated heterocycles. The molecule has 3 rings (SSSR count). The molecule has 0 radical (unpaired) electrons. The van der Waals surface area contributed by atoms with E-state index in [4.69, 9.17) is 9.88 Å². The first-order valence-corrected chi connectivity index (χ1v) is 11.0. The van der Waals surface area contributed by atoms with Crippen LogP contribution in [0, 0.1) is 0 Å². The molecule has 3 aromatic rings. The van der Waals surface area contributed by atoms with Crippen LogP contribution in [0.1, 0.15) is 16.8 Å². The number of aromatic nitrogens is 2. The van der Waals surface area contributed by atoms with Gasteiger partial charge in [-0.25, -0.2) is 18.2 Å². The summed E-state index contributed by atoms with van der Waals surface area (Å²) in [5.74, 6) is 0.375. The summed E-state index contributed by atoms with van der Waals surface area (Å²) in [5.41, 5.74) is 1.58. The smallest absolute Gasteiger partial charge is 0.266 e. The van der Waals surface area contributed by atoms with E-state index >= 15 is 0 Å². The van der Waals surface area contributed by atoms with Crippen LogP contribution in [0.5, 0.6) is 5.75 Å². The number of hydrogen-bond acceptors (Lipinski definition) is 6. The minimum atomic E-state index is -3.81. The lowest BCUT2D eigenvalue weighted by Crippen LogP contribution is -2.28. The molecule has 0 bridgehead atoms. The quantitative estimate of drug-likeness (QED) is 0.507. The first kappa shape index (κ1) is 22.2. The van der Waals surface area contributed by atoms with Crippen LogP contribution in [0.4, 0.5) is 0 Å². The lowest BCUT2D eigenvalue weighted by atomic mass is 10.1. The zero-order valence-corrected chi connectivity index (χ0v) is 17.6. The van der Waals surface area contributed by atoms with Gasteiger partial charge in [-0.1, -0.05) is 0 Å². The van der Waals surface area contributed by atoms with Gasteiger partial charge in [0.15, 0.2) is 0 Å². The van der Waals surface area contributed by atoms with E-state index in [0.29, 0.717) is 30.8 Å². The van der Waals surface area contributed by atoms with Gasteiger partial charge in [-0.3, -0.25) is 9.59 Å². The standard InChI is InChI=1S/C21H22N4O5S/c1-30-17-7-3-15(4-8-17)19-11-12-20(26)25(24-19)14-2-13-23-21(27)16-5-9-18(10-6-16)31(22,28)29/h3-12H,2,13-14H2,1H3,(H,23,27)(H2,22,28,29). The van der Waals surface area contributed by atoms with Gasteiger partial charge >= 0.3 is 0 Å². The summed E-state index contributed by atoms with van der Waals surface area (Å²) in [7, 11) is -2.22. The maximum atomic E-state index is 12.2. The van der Waals surface area contributed by atoms with Crippen molar-refractivity contribution in [3.8, 4) is 17.0 Å². The average Bonchev–Trinajstić information content (AvgIpc) is 2.77. The van der Waals surface area contributed by atoms with Crippen molar-refractivity contribution >= 4 is 15.9 Å². The van der Waals surface area contributed by atoms with Gasteiger partial charge in [-0.15, -0.1) is 0 Å². The molecule has 9 nitrogen and oxygen atoms in total. The van der Waals surface area contributed by atoms with E-state index in [0.717, 1.165) is 11.3 Å². The number of rotatable bonds is 8. The fourth-order valence-corrected chi connectivity index (χ4v) is 3.37. The van der Waals surface area contributed by atoms with E-state index in [1.807, 2.05) is 24.3 Å². The zero-order valence-electron chi connectivity index (χ0n) is 16.8. The second-order valence-corrected chi connectivity index (χ2v) is 8.25. The van der Waals surface area contributed by atoms with Crippen molar-refractivity contribution in [2.45, 2.75) is 17.9 Å². The highest BCUT2D eigenvalue weighted by atomic mass is 32.2. The Labute approximate surface area is 179 Å². The molecule has 2 aromatic carbocycles. The Morgan fingerprint density at radius 2 is 1.74 bits per heavy atom. The molecule has 3 N–H and O–H groups in total. The van der Waals surface area contributed by atoms with Crippen LogP contribution in [0.15, 0.2) is 70.4 Å². The third-order valence-electron chi connectivity index (χ3n) is 4.53. The predicted molar refractivity (Wildman–Crippen MR) is 115 cm³/mol. The lowest BCUT2D eigenvalue weighted by Gasteiger charge is -2.09. The number of primary sulfonamides is 1. The Kier molecular flexibility index (Phi) is 6.83. The van der Waals surface area contributed by atoms with Gasteiger partial charge in [0, 0.05) is 30.3 Å². The van der Waals surface area contributed by atoms with Crippen LogP contribution in [-0.2, 0) is 16.6 Å². The van der Waals surface area contributed by atoms with Crippen molar-refractivity contribution in [3.05, 3.63) is 76.6 Å². The minimum Gasteiger partial charge on any atom is -0.497 e. The Morgan fingerprint density at radius 3 is 2.35 bits per heavy atom. The lowest BCUT2D eigenvalue weighted by molar-refractivity contribution is 0.0952. The highest BCUT2D eigenvalue weighted by Gasteiger charge is 2.10. The van der Waals surface area contributed by atoms with E-state index in [1.54, 1.807) is 13.2 Å². The average molecular weight is 442 g/mol. The zero-order chi connectivity index (χ0) is 22.4. The third kappa shape index (κ3) is 5.77. The van der Waals surface area contributed by atoms with E-state index in [-0.39, 0.29) is 16.4 Å². The SMILES string of the molecule is COc1ccc(-c2ccc(=O)n(CCCNC(=O)c3ccc(S(N)(=O)=O)cc3)n2)cc1. The summed E-state index contributed by atoms with van der Waals surface area (Å²) in [6.07, 6.45) is 0.486. The number of carbonyl (C=O) groups is 1. The minimum absolute atomic E-state index is 0.0637. The number of benzene rings is 2. The van der Waals surface area contributed by atoms with Crippen molar-refractivity contribution in [2.24, 2.45) is 5.14 Å².